The number of hydrogen-bond acceptors (Lipinski definition) is 5. The van der Waals surface area contributed by atoms with Crippen molar-refractivity contribution >= 4 is 17.4 Å². The van der Waals surface area contributed by atoms with Gasteiger partial charge in [0.05, 0.1) is 11.6 Å². The second kappa shape index (κ2) is 10.0. The van der Waals surface area contributed by atoms with E-state index in [2.05, 4.69) is 18.7 Å². The molecule has 2 aliphatic rings. The highest BCUT2D eigenvalue weighted by atomic mass is 16.5. The summed E-state index contributed by atoms with van der Waals surface area (Å²) >= 11 is 0. The number of nitrogens with zero attached hydrogens (tertiary/aromatic N) is 2. The molecule has 0 saturated carbocycles. The molecular formula is C28H34N2O4. The Morgan fingerprint density at radius 3 is 2.50 bits per heavy atom. The van der Waals surface area contributed by atoms with Crippen LogP contribution in [0.4, 0.5) is 0 Å². The van der Waals surface area contributed by atoms with E-state index in [4.69, 9.17) is 4.74 Å². The van der Waals surface area contributed by atoms with Crippen molar-refractivity contribution in [1.29, 1.82) is 0 Å². The van der Waals surface area contributed by atoms with Gasteiger partial charge in [-0.25, -0.2) is 0 Å². The van der Waals surface area contributed by atoms with Crippen molar-refractivity contribution in [3.63, 3.8) is 0 Å². The fourth-order valence-electron chi connectivity index (χ4n) is 4.94. The molecule has 1 saturated heterocycles. The first-order valence-corrected chi connectivity index (χ1v) is 12.2. The zero-order chi connectivity index (χ0) is 24.4. The van der Waals surface area contributed by atoms with Crippen molar-refractivity contribution in [3.8, 4) is 5.75 Å². The molecule has 0 aromatic heterocycles. The number of carbonyl (C=O) groups is 2. The van der Waals surface area contributed by atoms with Crippen LogP contribution in [0.2, 0.25) is 0 Å². The Hall–Kier alpha value is -3.12. The fourth-order valence-corrected chi connectivity index (χ4v) is 4.94. The van der Waals surface area contributed by atoms with Crippen LogP contribution in [0.15, 0.2) is 48.0 Å². The Morgan fingerprint density at radius 1 is 1.12 bits per heavy atom. The predicted molar refractivity (Wildman–Crippen MR) is 133 cm³/mol. The molecule has 34 heavy (non-hydrogen) atoms. The maximum atomic E-state index is 13.2. The van der Waals surface area contributed by atoms with Gasteiger partial charge in [-0.15, -0.1) is 0 Å². The normalized spacial score (nSPS) is 21.3. The van der Waals surface area contributed by atoms with E-state index in [1.165, 1.54) is 0 Å². The first kappa shape index (κ1) is 24.0. The van der Waals surface area contributed by atoms with Crippen LogP contribution in [-0.2, 0) is 16.0 Å². The molecule has 2 heterocycles. The highest BCUT2D eigenvalue weighted by molar-refractivity contribution is 6.46. The summed E-state index contributed by atoms with van der Waals surface area (Å²) in [5.41, 5.74) is 3.61. The summed E-state index contributed by atoms with van der Waals surface area (Å²) in [4.78, 5) is 30.3. The molecule has 2 aliphatic heterocycles. The van der Waals surface area contributed by atoms with Crippen molar-refractivity contribution in [2.75, 3.05) is 26.2 Å². The first-order valence-electron chi connectivity index (χ1n) is 12.2. The zero-order valence-electron chi connectivity index (χ0n) is 20.5. The van der Waals surface area contributed by atoms with E-state index in [0.717, 1.165) is 54.9 Å². The smallest absolute Gasteiger partial charge is 0.295 e. The summed E-state index contributed by atoms with van der Waals surface area (Å²) in [7, 11) is 0. The topological polar surface area (TPSA) is 70.1 Å². The second-order valence-electron chi connectivity index (χ2n) is 9.24. The number of Topliss-reactive ketones (excluding diaryl/α,β-unsaturated/α-hetero) is 1. The molecule has 6 nitrogen and oxygen atoms in total. The Labute approximate surface area is 201 Å². The van der Waals surface area contributed by atoms with Gasteiger partial charge in [0.1, 0.15) is 17.6 Å². The molecule has 0 bridgehead atoms. The van der Waals surface area contributed by atoms with Gasteiger partial charge in [0.25, 0.3) is 11.7 Å². The van der Waals surface area contributed by atoms with E-state index in [1.54, 1.807) is 11.0 Å². The molecule has 0 radical (unpaired) electrons. The predicted octanol–water partition coefficient (Wildman–Crippen LogP) is 4.47. The molecule has 4 rings (SSSR count). The van der Waals surface area contributed by atoms with Crippen LogP contribution in [0.5, 0.6) is 5.75 Å². The SMILES string of the molecule is CCN(CC)CCCN1C(=O)C(=O)/C(=C(\O)c2ccc3c(c2)CC(C)O3)C1c1ccc(C)cc1. The molecule has 6 heteroatoms. The Kier molecular flexibility index (Phi) is 7.08. The zero-order valence-corrected chi connectivity index (χ0v) is 20.5. The summed E-state index contributed by atoms with van der Waals surface area (Å²) in [6.07, 6.45) is 1.58. The van der Waals surface area contributed by atoms with Gasteiger partial charge in [-0.3, -0.25) is 9.59 Å². The molecule has 2 unspecified atom stereocenters. The third kappa shape index (κ3) is 4.60. The Bertz CT molecular complexity index is 1100. The molecule has 180 valence electrons. The Balaban J connectivity index is 1.72. The standard InChI is InChI=1S/C28H34N2O4/c1-5-29(6-2)14-7-15-30-25(20-10-8-18(3)9-11-20)24(27(32)28(30)33)26(31)21-12-13-23-22(17-21)16-19(4)34-23/h8-13,17,19,25,31H,5-7,14-16H2,1-4H3/b26-24-. The average Bonchev–Trinajstić information content (AvgIpc) is 3.32. The van der Waals surface area contributed by atoms with Crippen LogP contribution < -0.4 is 4.74 Å². The molecule has 0 aliphatic carbocycles. The molecule has 2 aromatic rings. The van der Waals surface area contributed by atoms with Crippen LogP contribution in [0, 0.1) is 6.92 Å². The maximum Gasteiger partial charge on any atom is 0.295 e. The lowest BCUT2D eigenvalue weighted by Crippen LogP contribution is -2.33. The molecular weight excluding hydrogens is 428 g/mol. The van der Waals surface area contributed by atoms with E-state index in [1.807, 2.05) is 50.2 Å². The molecule has 0 spiro atoms. The van der Waals surface area contributed by atoms with Gasteiger partial charge in [-0.1, -0.05) is 43.7 Å². The molecule has 1 fully saturated rings. The van der Waals surface area contributed by atoms with Crippen molar-refractivity contribution in [3.05, 3.63) is 70.3 Å². The molecule has 1 amide bonds. The summed E-state index contributed by atoms with van der Waals surface area (Å²) in [5, 5.41) is 11.3. The average molecular weight is 463 g/mol. The summed E-state index contributed by atoms with van der Waals surface area (Å²) in [6, 6.07) is 12.7. The van der Waals surface area contributed by atoms with Gasteiger partial charge in [0.2, 0.25) is 0 Å². The monoisotopic (exact) mass is 462 g/mol. The lowest BCUT2D eigenvalue weighted by Gasteiger charge is -2.27. The summed E-state index contributed by atoms with van der Waals surface area (Å²) < 4.78 is 5.77. The van der Waals surface area contributed by atoms with Crippen molar-refractivity contribution in [2.24, 2.45) is 0 Å². The fraction of sp³-hybridized carbons (Fsp3) is 0.429. The van der Waals surface area contributed by atoms with E-state index in [0.29, 0.717) is 12.1 Å². The number of likely N-dealkylation sites (tertiary alicyclic amines) is 1. The molecule has 1 N–H and O–H groups in total. The van der Waals surface area contributed by atoms with Gasteiger partial charge < -0.3 is 19.6 Å². The number of rotatable bonds is 8. The number of aryl methyl sites for hydroxylation is 1. The first-order chi connectivity index (χ1) is 16.3. The van der Waals surface area contributed by atoms with E-state index in [9.17, 15) is 14.7 Å². The van der Waals surface area contributed by atoms with Crippen molar-refractivity contribution in [1.82, 2.24) is 9.80 Å². The van der Waals surface area contributed by atoms with Crippen LogP contribution in [0.1, 0.15) is 55.5 Å². The number of benzene rings is 2. The minimum Gasteiger partial charge on any atom is -0.507 e. The van der Waals surface area contributed by atoms with Crippen LogP contribution in [0.3, 0.4) is 0 Å². The lowest BCUT2D eigenvalue weighted by molar-refractivity contribution is -0.140. The van der Waals surface area contributed by atoms with E-state index >= 15 is 0 Å². The van der Waals surface area contributed by atoms with E-state index < -0.39 is 17.7 Å². The van der Waals surface area contributed by atoms with Crippen LogP contribution >= 0.6 is 0 Å². The van der Waals surface area contributed by atoms with E-state index in [-0.39, 0.29) is 17.4 Å². The second-order valence-corrected chi connectivity index (χ2v) is 9.24. The largest absolute Gasteiger partial charge is 0.507 e. The molecule has 2 aromatic carbocycles. The number of fused-ring (bicyclic) bond motifs is 1. The summed E-state index contributed by atoms with van der Waals surface area (Å²) in [5.74, 6) is -0.505. The summed E-state index contributed by atoms with van der Waals surface area (Å²) in [6.45, 7) is 11.4. The Morgan fingerprint density at radius 2 is 1.82 bits per heavy atom. The van der Waals surface area contributed by atoms with Gasteiger partial charge in [0, 0.05) is 18.5 Å². The third-order valence-electron chi connectivity index (χ3n) is 6.87. The van der Waals surface area contributed by atoms with Crippen LogP contribution in [0.25, 0.3) is 5.76 Å². The number of amides is 1. The quantitative estimate of drug-likeness (QED) is 0.356. The number of ketones is 1. The maximum absolute atomic E-state index is 13.2. The highest BCUT2D eigenvalue weighted by Crippen LogP contribution is 2.40. The number of ether oxygens (including phenoxy) is 1. The molecule has 2 atom stereocenters. The number of aliphatic hydroxyl groups is 1. The minimum atomic E-state index is -0.629. The lowest BCUT2D eigenvalue weighted by atomic mass is 9.94. The third-order valence-corrected chi connectivity index (χ3v) is 6.87. The number of carbonyl (C=O) groups excluding carboxylic acids is 2. The van der Waals surface area contributed by atoms with Gasteiger partial charge >= 0.3 is 0 Å². The van der Waals surface area contributed by atoms with Crippen molar-refractivity contribution in [2.45, 2.75) is 52.7 Å². The van der Waals surface area contributed by atoms with Crippen LogP contribution in [-0.4, -0.2) is 58.9 Å². The number of aliphatic hydroxyl groups excluding tert-OH is 1. The van der Waals surface area contributed by atoms with Crippen molar-refractivity contribution < 1.29 is 19.4 Å². The minimum absolute atomic E-state index is 0.0799. The number of hydrogen-bond donors (Lipinski definition) is 1. The van der Waals surface area contributed by atoms with Gasteiger partial charge in [-0.2, -0.15) is 0 Å². The van der Waals surface area contributed by atoms with Gasteiger partial charge in [-0.05, 0) is 69.2 Å². The highest BCUT2D eigenvalue weighted by Gasteiger charge is 2.45. The van der Waals surface area contributed by atoms with Gasteiger partial charge in [0.15, 0.2) is 0 Å².